The van der Waals surface area contributed by atoms with E-state index in [1.807, 2.05) is 23.0 Å². The summed E-state index contributed by atoms with van der Waals surface area (Å²) in [4.78, 5) is 23.6. The van der Waals surface area contributed by atoms with Crippen molar-refractivity contribution >= 4 is 16.7 Å². The van der Waals surface area contributed by atoms with Crippen molar-refractivity contribution in [1.29, 1.82) is 0 Å². The average molecular weight is 397 g/mol. The number of rotatable bonds is 4. The fraction of sp³-hybridized carbons (Fsp3) is 0.429. The van der Waals surface area contributed by atoms with Crippen molar-refractivity contribution in [3.63, 3.8) is 0 Å². The molecule has 29 heavy (non-hydrogen) atoms. The molecule has 3 aromatic rings. The number of hydrogen-bond donors (Lipinski definition) is 0. The van der Waals surface area contributed by atoms with Crippen LogP contribution >= 0.6 is 0 Å². The van der Waals surface area contributed by atoms with Crippen LogP contribution in [0, 0.1) is 5.92 Å². The number of Topliss-reactive ketones (excluding diaryl/α,β-unsaturated/α-hetero) is 1. The molecular formula is C21H21F2N5O. The van der Waals surface area contributed by atoms with Crippen molar-refractivity contribution < 1.29 is 13.6 Å². The summed E-state index contributed by atoms with van der Waals surface area (Å²) in [5.41, 5.74) is 4.28. The van der Waals surface area contributed by atoms with Crippen molar-refractivity contribution in [1.82, 2.24) is 24.6 Å². The van der Waals surface area contributed by atoms with Gasteiger partial charge in [-0.25, -0.2) is 13.8 Å². The lowest BCUT2D eigenvalue weighted by molar-refractivity contribution is -0.147. The Bertz CT molecular complexity index is 1100. The lowest BCUT2D eigenvalue weighted by atomic mass is 9.77. The SMILES string of the molecule is CN1CCn2ncc(-c3ccc4cnc(CC(=O)C5CC(F)(F)C5)cc4n3)c2C1. The minimum absolute atomic E-state index is 0.0660. The summed E-state index contributed by atoms with van der Waals surface area (Å²) in [6.07, 6.45) is 2.92. The Hall–Kier alpha value is -2.74. The summed E-state index contributed by atoms with van der Waals surface area (Å²) in [6, 6.07) is 5.70. The standard InChI is InChI=1S/C21H21F2N5O/c1-27-4-5-28-19(12-27)16(11-25-28)17-3-2-13-10-24-15(6-18(13)26-17)7-20(29)14-8-21(22,23)9-14/h2-3,6,10-11,14H,4-5,7-9,12H2,1H3. The molecule has 0 atom stereocenters. The third kappa shape index (κ3) is 3.42. The first-order chi connectivity index (χ1) is 13.9. The lowest BCUT2D eigenvalue weighted by Crippen LogP contribution is -2.40. The predicted octanol–water partition coefficient (Wildman–Crippen LogP) is 3.10. The van der Waals surface area contributed by atoms with Gasteiger partial charge in [-0.1, -0.05) is 0 Å². The number of aromatic nitrogens is 4. The van der Waals surface area contributed by atoms with Crippen LogP contribution in [-0.4, -0.2) is 49.9 Å². The van der Waals surface area contributed by atoms with Gasteiger partial charge in [0.1, 0.15) is 5.78 Å². The van der Waals surface area contributed by atoms with Gasteiger partial charge in [-0.2, -0.15) is 5.10 Å². The van der Waals surface area contributed by atoms with Crippen molar-refractivity contribution in [3.05, 3.63) is 42.0 Å². The Labute approximate surface area is 166 Å². The molecular weight excluding hydrogens is 376 g/mol. The molecule has 0 amide bonds. The van der Waals surface area contributed by atoms with Gasteiger partial charge in [0.05, 0.1) is 29.6 Å². The average Bonchev–Trinajstić information content (AvgIpc) is 3.08. The van der Waals surface area contributed by atoms with Gasteiger partial charge in [0.2, 0.25) is 5.92 Å². The second-order valence-electron chi connectivity index (χ2n) is 8.13. The summed E-state index contributed by atoms with van der Waals surface area (Å²) in [5, 5.41) is 5.36. The molecule has 6 nitrogen and oxygen atoms in total. The molecule has 0 N–H and O–H groups in total. The zero-order valence-corrected chi connectivity index (χ0v) is 16.1. The molecule has 4 heterocycles. The van der Waals surface area contributed by atoms with E-state index in [4.69, 9.17) is 4.98 Å². The Kier molecular flexibility index (Phi) is 4.20. The Morgan fingerprint density at radius 1 is 1.24 bits per heavy atom. The van der Waals surface area contributed by atoms with Crippen LogP contribution in [0.3, 0.4) is 0 Å². The minimum Gasteiger partial charge on any atom is -0.299 e. The lowest BCUT2D eigenvalue weighted by Gasteiger charge is -2.33. The van der Waals surface area contributed by atoms with Gasteiger partial charge in [-0.05, 0) is 25.2 Å². The van der Waals surface area contributed by atoms with Gasteiger partial charge in [-0.15, -0.1) is 0 Å². The number of pyridine rings is 2. The molecule has 1 saturated carbocycles. The number of hydrogen-bond acceptors (Lipinski definition) is 5. The quantitative estimate of drug-likeness (QED) is 0.677. The molecule has 5 rings (SSSR count). The highest BCUT2D eigenvalue weighted by atomic mass is 19.3. The molecule has 0 saturated heterocycles. The second kappa shape index (κ2) is 6.66. The summed E-state index contributed by atoms with van der Waals surface area (Å²) in [7, 11) is 2.08. The van der Waals surface area contributed by atoms with E-state index in [2.05, 4.69) is 22.0 Å². The van der Waals surface area contributed by atoms with Gasteiger partial charge < -0.3 is 0 Å². The highest BCUT2D eigenvalue weighted by molar-refractivity contribution is 5.86. The van der Waals surface area contributed by atoms with E-state index >= 15 is 0 Å². The van der Waals surface area contributed by atoms with E-state index in [-0.39, 0.29) is 25.0 Å². The third-order valence-corrected chi connectivity index (χ3v) is 5.87. The molecule has 0 radical (unpaired) electrons. The molecule has 150 valence electrons. The van der Waals surface area contributed by atoms with Crippen molar-refractivity contribution in [2.75, 3.05) is 13.6 Å². The number of fused-ring (bicyclic) bond motifs is 2. The maximum atomic E-state index is 13.0. The first-order valence-corrected chi connectivity index (χ1v) is 9.78. The number of carbonyl (C=O) groups is 1. The van der Waals surface area contributed by atoms with Crippen LogP contribution in [0.1, 0.15) is 24.2 Å². The van der Waals surface area contributed by atoms with E-state index in [9.17, 15) is 13.6 Å². The molecule has 1 aliphatic carbocycles. The van der Waals surface area contributed by atoms with Crippen molar-refractivity contribution in [2.24, 2.45) is 5.92 Å². The van der Waals surface area contributed by atoms with E-state index < -0.39 is 11.8 Å². The molecule has 8 heteroatoms. The second-order valence-corrected chi connectivity index (χ2v) is 8.13. The normalized spacial score (nSPS) is 19.1. The summed E-state index contributed by atoms with van der Waals surface area (Å²) < 4.78 is 28.1. The van der Waals surface area contributed by atoms with E-state index in [0.717, 1.165) is 47.5 Å². The molecule has 1 fully saturated rings. The fourth-order valence-electron chi connectivity index (χ4n) is 4.10. The summed E-state index contributed by atoms with van der Waals surface area (Å²) in [5.74, 6) is -3.42. The number of ketones is 1. The van der Waals surface area contributed by atoms with E-state index in [0.29, 0.717) is 5.69 Å². The molecule has 0 unspecified atom stereocenters. The Balaban J connectivity index is 1.42. The molecule has 2 aliphatic rings. The first kappa shape index (κ1) is 18.3. The summed E-state index contributed by atoms with van der Waals surface area (Å²) >= 11 is 0. The van der Waals surface area contributed by atoms with Crippen LogP contribution in [0.25, 0.3) is 22.2 Å². The van der Waals surface area contributed by atoms with Crippen LogP contribution in [0.15, 0.2) is 30.6 Å². The van der Waals surface area contributed by atoms with Gasteiger partial charge in [0.25, 0.3) is 0 Å². The molecule has 0 bridgehead atoms. The largest absolute Gasteiger partial charge is 0.299 e. The zero-order chi connectivity index (χ0) is 20.2. The highest BCUT2D eigenvalue weighted by Gasteiger charge is 2.48. The van der Waals surface area contributed by atoms with Gasteiger partial charge in [0.15, 0.2) is 0 Å². The van der Waals surface area contributed by atoms with Gasteiger partial charge in [-0.3, -0.25) is 19.4 Å². The van der Waals surface area contributed by atoms with Crippen LogP contribution in [0.5, 0.6) is 0 Å². The maximum absolute atomic E-state index is 13.0. The fourth-order valence-corrected chi connectivity index (χ4v) is 4.10. The van der Waals surface area contributed by atoms with E-state index in [1.54, 1.807) is 12.3 Å². The monoisotopic (exact) mass is 397 g/mol. The number of alkyl halides is 2. The van der Waals surface area contributed by atoms with Gasteiger partial charge in [0, 0.05) is 61.1 Å². The number of halogens is 2. The first-order valence-electron chi connectivity index (χ1n) is 9.78. The Morgan fingerprint density at radius 2 is 2.07 bits per heavy atom. The van der Waals surface area contributed by atoms with Gasteiger partial charge >= 0.3 is 0 Å². The predicted molar refractivity (Wildman–Crippen MR) is 103 cm³/mol. The third-order valence-electron chi connectivity index (χ3n) is 5.87. The van der Waals surface area contributed by atoms with Crippen LogP contribution in [0.4, 0.5) is 8.78 Å². The van der Waals surface area contributed by atoms with Crippen molar-refractivity contribution in [2.45, 2.75) is 38.3 Å². The summed E-state index contributed by atoms with van der Waals surface area (Å²) in [6.45, 7) is 2.64. The Morgan fingerprint density at radius 3 is 2.86 bits per heavy atom. The number of nitrogens with zero attached hydrogens (tertiary/aromatic N) is 5. The maximum Gasteiger partial charge on any atom is 0.249 e. The van der Waals surface area contributed by atoms with E-state index in [1.165, 1.54) is 0 Å². The minimum atomic E-state index is -2.69. The molecule has 0 aromatic carbocycles. The molecule has 3 aromatic heterocycles. The molecule has 0 spiro atoms. The number of carbonyl (C=O) groups excluding carboxylic acids is 1. The highest BCUT2D eigenvalue weighted by Crippen LogP contribution is 2.43. The smallest absolute Gasteiger partial charge is 0.249 e. The zero-order valence-electron chi connectivity index (χ0n) is 16.1. The van der Waals surface area contributed by atoms with Crippen molar-refractivity contribution in [3.8, 4) is 11.3 Å². The number of likely N-dealkylation sites (N-methyl/N-ethyl adjacent to an activating group) is 1. The molecule has 1 aliphatic heterocycles. The van der Waals surface area contributed by atoms with Crippen LogP contribution in [-0.2, 0) is 24.3 Å². The van der Waals surface area contributed by atoms with Crippen LogP contribution < -0.4 is 0 Å². The van der Waals surface area contributed by atoms with Crippen LogP contribution in [0.2, 0.25) is 0 Å². The topological polar surface area (TPSA) is 63.9 Å².